The van der Waals surface area contributed by atoms with Crippen LogP contribution in [0.5, 0.6) is 0 Å². The van der Waals surface area contributed by atoms with Crippen LogP contribution < -0.4 is 0 Å². The predicted molar refractivity (Wildman–Crippen MR) is 75.9 cm³/mol. The topological polar surface area (TPSA) is 63.2 Å². The summed E-state index contributed by atoms with van der Waals surface area (Å²) in [5.41, 5.74) is 1.94. The van der Waals surface area contributed by atoms with Crippen LogP contribution in [-0.2, 0) is 24.8 Å². The molecular weight excluding hydrogens is 434 g/mol. The number of benzene rings is 1. The summed E-state index contributed by atoms with van der Waals surface area (Å²) in [4.78, 5) is 12.6. The minimum atomic E-state index is 0. The van der Waals surface area contributed by atoms with Crippen LogP contribution in [0, 0.1) is 6.07 Å². The van der Waals surface area contributed by atoms with E-state index in [1.165, 1.54) is 19.9 Å². The van der Waals surface area contributed by atoms with E-state index in [9.17, 15) is 0 Å². The first kappa shape index (κ1) is 18.3. The van der Waals surface area contributed by atoms with Gasteiger partial charge in [-0.3, -0.25) is 9.79 Å². The number of aliphatic hydroxyl groups is 1. The van der Waals surface area contributed by atoms with Gasteiger partial charge >= 0.3 is 5.78 Å². The molecule has 1 aromatic carbocycles. The molecule has 0 atom stereocenters. The molecule has 5 heteroatoms. The third kappa shape index (κ3) is 7.66. The summed E-state index contributed by atoms with van der Waals surface area (Å²) in [6.45, 7) is 3.41. The summed E-state index contributed by atoms with van der Waals surface area (Å²) in [6.07, 6.45) is 4.78. The maximum Gasteiger partial charge on any atom is 0.316 e. The molecule has 0 fully saturated rings. The molecular formula is C15H17IrNO3. The van der Waals surface area contributed by atoms with Gasteiger partial charge in [0.05, 0.1) is 25.0 Å². The molecule has 2 N–H and O–H groups in total. The van der Waals surface area contributed by atoms with Gasteiger partial charge in [-0.2, -0.15) is 0 Å². The van der Waals surface area contributed by atoms with E-state index in [-0.39, 0.29) is 31.6 Å². The second-order valence-corrected chi connectivity index (χ2v) is 3.85. The normalized spacial score (nSPS) is 13.1. The molecule has 0 amide bonds. The van der Waals surface area contributed by atoms with E-state index < -0.39 is 0 Å². The number of ketones is 1. The second kappa shape index (κ2) is 10.1. The van der Waals surface area contributed by atoms with E-state index in [2.05, 4.69) is 11.1 Å². The van der Waals surface area contributed by atoms with Gasteiger partial charge in [0.2, 0.25) is 0 Å². The molecule has 0 unspecified atom stereocenters. The van der Waals surface area contributed by atoms with Crippen molar-refractivity contribution >= 4 is 11.5 Å². The van der Waals surface area contributed by atoms with Crippen LogP contribution in [0.2, 0.25) is 0 Å². The fraction of sp³-hybridized carbons (Fsp3) is 0.200. The number of carbonyl (C=O) groups excluding carboxylic acids is 1. The molecule has 1 heterocycles. The van der Waals surface area contributed by atoms with Crippen LogP contribution in [-0.4, -0.2) is 28.1 Å². The Hall–Kier alpha value is -1.71. The number of aliphatic hydroxyl groups excluding tert-OH is 1. The number of aliphatic imine (C=N–C) groups is 1. The average molecular weight is 452 g/mol. The first-order valence-electron chi connectivity index (χ1n) is 5.79. The van der Waals surface area contributed by atoms with Crippen LogP contribution in [0.3, 0.4) is 0 Å². The minimum absolute atomic E-state index is 0. The molecule has 2 rings (SSSR count). The molecule has 0 spiro atoms. The summed E-state index contributed by atoms with van der Waals surface area (Å²) in [7, 11) is 0. The minimum Gasteiger partial charge on any atom is -0.512 e. The molecule has 109 valence electrons. The van der Waals surface area contributed by atoms with Gasteiger partial charge in [0.15, 0.2) is 6.73 Å². The molecule has 0 aromatic heterocycles. The summed E-state index contributed by atoms with van der Waals surface area (Å²) in [5, 5.41) is 8.40. The smallest absolute Gasteiger partial charge is 0.316 e. The van der Waals surface area contributed by atoms with Gasteiger partial charge in [0, 0.05) is 20.1 Å². The molecule has 0 saturated carbocycles. The van der Waals surface area contributed by atoms with Crippen LogP contribution in [0.25, 0.3) is 0 Å². The Bertz CT molecular complexity index is 503. The Morgan fingerprint density at radius 1 is 1.45 bits per heavy atom. The maximum absolute atomic E-state index is 8.40. The van der Waals surface area contributed by atoms with Crippen molar-refractivity contribution in [3.63, 3.8) is 0 Å². The fourth-order valence-electron chi connectivity index (χ4n) is 1.35. The molecule has 1 radical (unpaired) electrons. The van der Waals surface area contributed by atoms with Gasteiger partial charge in [-0.15, -0.1) is 35.9 Å². The Kier molecular flexibility index (Phi) is 9.26. The van der Waals surface area contributed by atoms with E-state index in [1.54, 1.807) is 6.26 Å². The van der Waals surface area contributed by atoms with E-state index >= 15 is 0 Å². The van der Waals surface area contributed by atoms with Gasteiger partial charge < -0.3 is 9.84 Å². The van der Waals surface area contributed by atoms with Gasteiger partial charge in [-0.1, -0.05) is 0 Å². The van der Waals surface area contributed by atoms with Gasteiger partial charge in [-0.05, 0) is 18.7 Å². The number of allylic oxidation sites excluding steroid dienone is 3. The molecule has 20 heavy (non-hydrogen) atoms. The van der Waals surface area contributed by atoms with Crippen molar-refractivity contribution in [2.45, 2.75) is 13.8 Å². The van der Waals surface area contributed by atoms with Crippen LogP contribution in [0.4, 0.5) is 0 Å². The molecule has 0 saturated heterocycles. The van der Waals surface area contributed by atoms with E-state index in [0.717, 1.165) is 11.3 Å². The summed E-state index contributed by atoms with van der Waals surface area (Å²) >= 11 is 0. The summed E-state index contributed by atoms with van der Waals surface area (Å²) < 4.78 is 4.94. The number of nitrogens with zero attached hydrogens (tertiary/aromatic N) is 1. The predicted octanol–water partition coefficient (Wildman–Crippen LogP) is 2.79. The Morgan fingerprint density at radius 3 is 2.60 bits per heavy atom. The molecule has 1 aliphatic rings. The van der Waals surface area contributed by atoms with Crippen LogP contribution in [0.15, 0.2) is 53.4 Å². The zero-order chi connectivity index (χ0) is 14.1. The molecule has 0 bridgehead atoms. The Morgan fingerprint density at radius 2 is 2.20 bits per heavy atom. The number of ether oxygens (including phenoxy) is 1. The van der Waals surface area contributed by atoms with Crippen LogP contribution >= 0.6 is 0 Å². The standard InChI is InChI=1S/C10H8NO.C5H8O2.Ir/c1-2-4-9(5-3-1)10-6-7-12-8-11-10;1-4(6)3-5(2)7;/h1-4,6-7H,8H2;3,6H,1-2H3;/q-1;;/p+1/b;4-3-;. The molecule has 1 aromatic rings. The number of hydrogen-bond donors (Lipinski definition) is 1. The van der Waals surface area contributed by atoms with Gasteiger partial charge in [0.1, 0.15) is 0 Å². The zero-order valence-corrected chi connectivity index (χ0v) is 13.7. The molecule has 4 nitrogen and oxygen atoms in total. The monoisotopic (exact) mass is 452 g/mol. The quantitative estimate of drug-likeness (QED) is 0.325. The molecule has 0 aliphatic carbocycles. The molecule has 1 aliphatic heterocycles. The van der Waals surface area contributed by atoms with Crippen LogP contribution in [0.1, 0.15) is 19.4 Å². The van der Waals surface area contributed by atoms with Crippen molar-refractivity contribution in [2.24, 2.45) is 4.99 Å². The first-order chi connectivity index (χ1) is 9.09. The summed E-state index contributed by atoms with van der Waals surface area (Å²) in [5.74, 6) is 0.250. The Balaban J connectivity index is 0.000000396. The second-order valence-electron chi connectivity index (χ2n) is 3.85. The SMILES string of the molecule is CC(=[OH+])/C=C(/C)O.[Ir].[c-]1ccccc1C1=NCOC=C1. The first-order valence-corrected chi connectivity index (χ1v) is 5.79. The largest absolute Gasteiger partial charge is 0.512 e. The summed E-state index contributed by atoms with van der Waals surface area (Å²) in [6, 6.07) is 10.9. The van der Waals surface area contributed by atoms with E-state index in [4.69, 9.17) is 14.6 Å². The maximum atomic E-state index is 8.40. The third-order valence-corrected chi connectivity index (χ3v) is 2.03. The van der Waals surface area contributed by atoms with Crippen molar-refractivity contribution in [3.8, 4) is 0 Å². The van der Waals surface area contributed by atoms with Crippen molar-refractivity contribution in [1.29, 1.82) is 0 Å². The van der Waals surface area contributed by atoms with Gasteiger partial charge in [-0.25, -0.2) is 0 Å². The van der Waals surface area contributed by atoms with Crippen molar-refractivity contribution < 1.29 is 34.7 Å². The van der Waals surface area contributed by atoms with Gasteiger partial charge in [0.25, 0.3) is 0 Å². The van der Waals surface area contributed by atoms with Crippen molar-refractivity contribution in [3.05, 3.63) is 60.1 Å². The van der Waals surface area contributed by atoms with Crippen molar-refractivity contribution in [1.82, 2.24) is 0 Å². The Labute approximate surface area is 132 Å². The van der Waals surface area contributed by atoms with E-state index in [1.807, 2.05) is 30.3 Å². The number of rotatable bonds is 2. The average Bonchev–Trinajstić information content (AvgIpc) is 2.40. The fourth-order valence-corrected chi connectivity index (χ4v) is 1.35. The zero-order valence-electron chi connectivity index (χ0n) is 11.3. The van der Waals surface area contributed by atoms with Crippen molar-refractivity contribution in [2.75, 3.05) is 6.73 Å². The van der Waals surface area contributed by atoms with E-state index in [0.29, 0.717) is 6.73 Å². The third-order valence-electron chi connectivity index (χ3n) is 2.03. The number of hydrogen-bond acceptors (Lipinski definition) is 3.